The number of rotatable bonds is 5. The summed E-state index contributed by atoms with van der Waals surface area (Å²) in [5.41, 5.74) is 0.854. The van der Waals surface area contributed by atoms with E-state index >= 15 is 0 Å². The van der Waals surface area contributed by atoms with Gasteiger partial charge in [0.25, 0.3) is 5.91 Å². The first-order valence-corrected chi connectivity index (χ1v) is 8.83. The number of carbonyl (C=O) groups is 1. The molecular weight excluding hydrogens is 300 g/mol. The van der Waals surface area contributed by atoms with Gasteiger partial charge in [-0.1, -0.05) is 4.49 Å². The molecule has 7 heteroatoms. The molecule has 0 unspecified atom stereocenters. The van der Waals surface area contributed by atoms with E-state index in [4.69, 9.17) is 4.74 Å². The Hall–Kier alpha value is -1.05. The van der Waals surface area contributed by atoms with Crippen LogP contribution in [0, 0.1) is 12.3 Å². The smallest absolute Gasteiger partial charge is 0.264 e. The molecule has 0 spiro atoms. The molecule has 6 nitrogen and oxygen atoms in total. The first-order valence-electron chi connectivity index (χ1n) is 8.06. The highest BCUT2D eigenvalue weighted by Gasteiger charge is 2.35. The lowest BCUT2D eigenvalue weighted by molar-refractivity contribution is -0.000614. The maximum atomic E-state index is 12.3. The zero-order valence-corrected chi connectivity index (χ0v) is 14.0. The van der Waals surface area contributed by atoms with Crippen LogP contribution in [0.1, 0.15) is 41.0 Å². The Morgan fingerprint density at radius 2 is 2.09 bits per heavy atom. The molecule has 22 heavy (non-hydrogen) atoms. The zero-order chi connectivity index (χ0) is 15.4. The predicted octanol–water partition coefficient (Wildman–Crippen LogP) is 1.47. The van der Waals surface area contributed by atoms with Crippen molar-refractivity contribution in [3.63, 3.8) is 0 Å². The largest absolute Gasteiger partial charge is 0.381 e. The number of nitrogens with one attached hydrogen (secondary N) is 1. The van der Waals surface area contributed by atoms with Gasteiger partial charge in [0.2, 0.25) is 0 Å². The molecule has 122 valence electrons. The predicted molar refractivity (Wildman–Crippen MR) is 85.1 cm³/mol. The topological polar surface area (TPSA) is 67.4 Å². The standard InChI is InChI=1S/C15H24N4O2S/c1-12-13(22-18-17-12)14(20)16-10-15(4-8-21-9-5-15)11-19-6-2-3-7-19/h2-11H2,1H3,(H,16,20). The van der Waals surface area contributed by atoms with Crippen LogP contribution in [0.4, 0.5) is 0 Å². The highest BCUT2D eigenvalue weighted by Crippen LogP contribution is 2.32. The molecule has 0 saturated carbocycles. The monoisotopic (exact) mass is 324 g/mol. The lowest BCUT2D eigenvalue weighted by Gasteiger charge is -2.40. The Balaban J connectivity index is 1.62. The number of nitrogens with zero attached hydrogens (tertiary/aromatic N) is 3. The maximum absolute atomic E-state index is 12.3. The second-order valence-electron chi connectivity index (χ2n) is 6.47. The van der Waals surface area contributed by atoms with Crippen LogP contribution in [-0.2, 0) is 4.74 Å². The van der Waals surface area contributed by atoms with E-state index in [1.165, 1.54) is 37.5 Å². The molecule has 1 aromatic heterocycles. The fourth-order valence-electron chi connectivity index (χ4n) is 3.40. The number of aryl methyl sites for hydroxylation is 1. The van der Waals surface area contributed by atoms with E-state index in [1.54, 1.807) is 0 Å². The molecule has 3 heterocycles. The van der Waals surface area contributed by atoms with Crippen molar-refractivity contribution in [2.75, 3.05) is 39.4 Å². The number of hydrogen-bond acceptors (Lipinski definition) is 6. The second kappa shape index (κ2) is 7.02. The van der Waals surface area contributed by atoms with Crippen LogP contribution in [-0.4, -0.2) is 59.8 Å². The Bertz CT molecular complexity index is 507. The number of carbonyl (C=O) groups excluding carboxylic acids is 1. The highest BCUT2D eigenvalue weighted by atomic mass is 32.1. The van der Waals surface area contributed by atoms with E-state index in [0.717, 1.165) is 32.6 Å². The van der Waals surface area contributed by atoms with Crippen LogP contribution in [0.5, 0.6) is 0 Å². The van der Waals surface area contributed by atoms with Crippen LogP contribution in [0.25, 0.3) is 0 Å². The molecule has 3 rings (SSSR count). The van der Waals surface area contributed by atoms with Gasteiger partial charge in [-0.3, -0.25) is 4.79 Å². The zero-order valence-electron chi connectivity index (χ0n) is 13.1. The number of hydrogen-bond donors (Lipinski definition) is 1. The molecule has 1 N–H and O–H groups in total. The van der Waals surface area contributed by atoms with Crippen molar-refractivity contribution in [3.8, 4) is 0 Å². The Labute approximate surface area is 135 Å². The average Bonchev–Trinajstić information content (AvgIpc) is 3.17. The number of ether oxygens (including phenoxy) is 1. The maximum Gasteiger partial charge on any atom is 0.264 e. The van der Waals surface area contributed by atoms with Crippen molar-refractivity contribution in [2.45, 2.75) is 32.6 Å². The van der Waals surface area contributed by atoms with Gasteiger partial charge in [0, 0.05) is 31.7 Å². The minimum absolute atomic E-state index is 0.0419. The molecule has 2 fully saturated rings. The summed E-state index contributed by atoms with van der Waals surface area (Å²) in [6.45, 7) is 7.57. The van der Waals surface area contributed by atoms with Gasteiger partial charge in [0.05, 0.1) is 5.69 Å². The van der Waals surface area contributed by atoms with Crippen LogP contribution in [0.2, 0.25) is 0 Å². The summed E-state index contributed by atoms with van der Waals surface area (Å²) < 4.78 is 9.38. The third-order valence-electron chi connectivity index (χ3n) is 4.79. The molecule has 0 aromatic carbocycles. The van der Waals surface area contributed by atoms with E-state index in [2.05, 4.69) is 19.8 Å². The highest BCUT2D eigenvalue weighted by molar-refractivity contribution is 7.07. The van der Waals surface area contributed by atoms with E-state index in [0.29, 0.717) is 17.1 Å². The fourth-order valence-corrected chi connectivity index (χ4v) is 3.97. The lowest BCUT2D eigenvalue weighted by Crippen LogP contribution is -2.48. The first kappa shape index (κ1) is 15.8. The van der Waals surface area contributed by atoms with Crippen LogP contribution < -0.4 is 5.32 Å². The fraction of sp³-hybridized carbons (Fsp3) is 0.800. The normalized spacial score (nSPS) is 21.9. The minimum Gasteiger partial charge on any atom is -0.381 e. The molecule has 2 aliphatic heterocycles. The number of amides is 1. The van der Waals surface area contributed by atoms with E-state index < -0.39 is 0 Å². The SMILES string of the molecule is Cc1nnsc1C(=O)NCC1(CN2CCCC2)CCOCC1. The summed E-state index contributed by atoms with van der Waals surface area (Å²) >= 11 is 1.17. The summed E-state index contributed by atoms with van der Waals surface area (Å²) in [4.78, 5) is 15.5. The first-order chi connectivity index (χ1) is 10.7. The quantitative estimate of drug-likeness (QED) is 0.888. The summed E-state index contributed by atoms with van der Waals surface area (Å²) in [5, 5.41) is 7.03. The minimum atomic E-state index is -0.0419. The van der Waals surface area contributed by atoms with Gasteiger partial charge in [-0.2, -0.15) is 0 Å². The summed E-state index contributed by atoms with van der Waals surface area (Å²) in [5.74, 6) is -0.0419. The van der Waals surface area contributed by atoms with Gasteiger partial charge in [-0.05, 0) is 57.2 Å². The van der Waals surface area contributed by atoms with Gasteiger partial charge >= 0.3 is 0 Å². The summed E-state index contributed by atoms with van der Waals surface area (Å²) in [7, 11) is 0. The molecule has 2 saturated heterocycles. The molecule has 2 aliphatic rings. The van der Waals surface area contributed by atoms with E-state index in [1.807, 2.05) is 6.92 Å². The number of likely N-dealkylation sites (tertiary alicyclic amines) is 1. The lowest BCUT2D eigenvalue weighted by atomic mass is 9.79. The second-order valence-corrected chi connectivity index (χ2v) is 7.22. The third-order valence-corrected chi connectivity index (χ3v) is 5.62. The van der Waals surface area contributed by atoms with E-state index in [9.17, 15) is 4.79 Å². The van der Waals surface area contributed by atoms with Crippen LogP contribution in [0.3, 0.4) is 0 Å². The molecule has 0 bridgehead atoms. The Kier molecular flexibility index (Phi) is 5.05. The Morgan fingerprint density at radius 1 is 1.36 bits per heavy atom. The number of aromatic nitrogens is 2. The average molecular weight is 324 g/mol. The molecule has 1 aromatic rings. The van der Waals surface area contributed by atoms with Gasteiger partial charge < -0.3 is 15.0 Å². The van der Waals surface area contributed by atoms with Crippen molar-refractivity contribution >= 4 is 17.4 Å². The van der Waals surface area contributed by atoms with Crippen LogP contribution >= 0.6 is 11.5 Å². The van der Waals surface area contributed by atoms with Crippen molar-refractivity contribution in [1.82, 2.24) is 19.8 Å². The van der Waals surface area contributed by atoms with Crippen molar-refractivity contribution < 1.29 is 9.53 Å². The molecular formula is C15H24N4O2S. The van der Waals surface area contributed by atoms with Gasteiger partial charge in [0.15, 0.2) is 0 Å². The van der Waals surface area contributed by atoms with Gasteiger partial charge in [0.1, 0.15) is 4.88 Å². The third kappa shape index (κ3) is 3.64. The summed E-state index contributed by atoms with van der Waals surface area (Å²) in [6.07, 6.45) is 4.63. The van der Waals surface area contributed by atoms with Crippen molar-refractivity contribution in [3.05, 3.63) is 10.6 Å². The summed E-state index contributed by atoms with van der Waals surface area (Å²) in [6, 6.07) is 0. The molecule has 0 aliphatic carbocycles. The molecule has 0 radical (unpaired) electrons. The van der Waals surface area contributed by atoms with Gasteiger partial charge in [-0.25, -0.2) is 0 Å². The van der Waals surface area contributed by atoms with Crippen molar-refractivity contribution in [2.24, 2.45) is 5.41 Å². The Morgan fingerprint density at radius 3 is 2.73 bits per heavy atom. The van der Waals surface area contributed by atoms with Crippen LogP contribution in [0.15, 0.2) is 0 Å². The molecule has 0 atom stereocenters. The molecule has 1 amide bonds. The van der Waals surface area contributed by atoms with Crippen molar-refractivity contribution in [1.29, 1.82) is 0 Å². The van der Waals surface area contributed by atoms with E-state index in [-0.39, 0.29) is 11.3 Å². The van der Waals surface area contributed by atoms with Gasteiger partial charge in [-0.15, -0.1) is 5.10 Å².